The van der Waals surface area contributed by atoms with Crippen molar-refractivity contribution in [1.29, 1.82) is 0 Å². The Balaban J connectivity index is 1.72. The zero-order valence-corrected chi connectivity index (χ0v) is 16.5. The number of anilines is 2. The molecule has 0 aliphatic carbocycles. The molecule has 142 valence electrons. The second-order valence-electron chi connectivity index (χ2n) is 5.59. The van der Waals surface area contributed by atoms with Crippen LogP contribution in [-0.4, -0.2) is 11.0 Å². The first-order chi connectivity index (χ1) is 13.4. The number of carbonyl (C=O) groups excluding carboxylic acids is 1. The molecule has 2 N–H and O–H groups in total. The standard InChI is InChI=1S/C19H13Cl2N3O3S/c20-12-9-13(21)11-14(10-12)22-19(25)23-17-3-1-2-4-18(17)28-16-7-5-15(6-8-16)24(26)27/h1-11H,(H2,22,23,25). The van der Waals surface area contributed by atoms with Gasteiger partial charge in [-0.25, -0.2) is 4.79 Å². The van der Waals surface area contributed by atoms with Gasteiger partial charge in [0.1, 0.15) is 0 Å². The number of benzene rings is 3. The molecule has 0 aliphatic rings. The Morgan fingerprint density at radius 3 is 2.21 bits per heavy atom. The van der Waals surface area contributed by atoms with E-state index < -0.39 is 11.0 Å². The van der Waals surface area contributed by atoms with Crippen LogP contribution >= 0.6 is 35.0 Å². The molecule has 0 fully saturated rings. The molecule has 0 radical (unpaired) electrons. The lowest BCUT2D eigenvalue weighted by Gasteiger charge is -2.12. The summed E-state index contributed by atoms with van der Waals surface area (Å²) in [4.78, 5) is 24.2. The Bertz CT molecular complexity index is 1010. The van der Waals surface area contributed by atoms with Crippen LogP contribution in [0.25, 0.3) is 0 Å². The van der Waals surface area contributed by atoms with Gasteiger partial charge in [0.15, 0.2) is 0 Å². The smallest absolute Gasteiger partial charge is 0.308 e. The predicted molar refractivity (Wildman–Crippen MR) is 113 cm³/mol. The van der Waals surface area contributed by atoms with Crippen LogP contribution in [0.5, 0.6) is 0 Å². The molecule has 6 nitrogen and oxygen atoms in total. The lowest BCUT2D eigenvalue weighted by atomic mass is 10.3. The number of halogens is 2. The highest BCUT2D eigenvalue weighted by Crippen LogP contribution is 2.34. The topological polar surface area (TPSA) is 84.3 Å². The first-order valence-electron chi connectivity index (χ1n) is 7.96. The molecule has 0 atom stereocenters. The maximum Gasteiger partial charge on any atom is 0.323 e. The van der Waals surface area contributed by atoms with Crippen molar-refractivity contribution in [1.82, 2.24) is 0 Å². The van der Waals surface area contributed by atoms with E-state index >= 15 is 0 Å². The van der Waals surface area contributed by atoms with Crippen LogP contribution in [-0.2, 0) is 0 Å². The Morgan fingerprint density at radius 2 is 1.57 bits per heavy atom. The molecule has 0 saturated carbocycles. The van der Waals surface area contributed by atoms with Crippen molar-refractivity contribution in [3.63, 3.8) is 0 Å². The number of rotatable bonds is 5. The van der Waals surface area contributed by atoms with E-state index in [9.17, 15) is 14.9 Å². The molecular weight excluding hydrogens is 421 g/mol. The molecule has 3 rings (SSSR count). The van der Waals surface area contributed by atoms with Gasteiger partial charge in [0.2, 0.25) is 0 Å². The quantitative estimate of drug-likeness (QED) is 0.346. The third-order valence-corrected chi connectivity index (χ3v) is 5.05. The van der Waals surface area contributed by atoms with Crippen molar-refractivity contribution in [2.24, 2.45) is 0 Å². The van der Waals surface area contributed by atoms with Crippen molar-refractivity contribution in [3.8, 4) is 0 Å². The molecule has 0 aliphatic heterocycles. The van der Waals surface area contributed by atoms with Crippen LogP contribution in [0.4, 0.5) is 21.9 Å². The molecule has 0 saturated heterocycles. The summed E-state index contributed by atoms with van der Waals surface area (Å²) < 4.78 is 0. The normalized spacial score (nSPS) is 10.4. The van der Waals surface area contributed by atoms with Gasteiger partial charge >= 0.3 is 6.03 Å². The summed E-state index contributed by atoms with van der Waals surface area (Å²) in [6, 6.07) is 17.7. The zero-order chi connectivity index (χ0) is 20.1. The third kappa shape index (κ3) is 5.39. The summed E-state index contributed by atoms with van der Waals surface area (Å²) in [5.41, 5.74) is 1.09. The monoisotopic (exact) mass is 433 g/mol. The van der Waals surface area contributed by atoms with Crippen molar-refractivity contribution in [2.45, 2.75) is 9.79 Å². The summed E-state index contributed by atoms with van der Waals surface area (Å²) in [7, 11) is 0. The van der Waals surface area contributed by atoms with E-state index in [2.05, 4.69) is 10.6 Å². The maximum absolute atomic E-state index is 12.3. The second-order valence-corrected chi connectivity index (χ2v) is 7.57. The van der Waals surface area contributed by atoms with Crippen molar-refractivity contribution in [3.05, 3.63) is 86.9 Å². The maximum atomic E-state index is 12.3. The Hall–Kier alpha value is -2.74. The largest absolute Gasteiger partial charge is 0.323 e. The van der Waals surface area contributed by atoms with Gasteiger partial charge in [-0.1, -0.05) is 47.1 Å². The van der Waals surface area contributed by atoms with E-state index in [4.69, 9.17) is 23.2 Å². The average molecular weight is 434 g/mol. The highest BCUT2D eigenvalue weighted by molar-refractivity contribution is 7.99. The molecule has 0 aromatic heterocycles. The number of carbonyl (C=O) groups is 1. The highest BCUT2D eigenvalue weighted by atomic mass is 35.5. The van der Waals surface area contributed by atoms with Gasteiger partial charge in [-0.05, 0) is 42.5 Å². The molecule has 28 heavy (non-hydrogen) atoms. The van der Waals surface area contributed by atoms with Gasteiger partial charge < -0.3 is 10.6 Å². The average Bonchev–Trinajstić information content (AvgIpc) is 2.63. The molecule has 2 amide bonds. The summed E-state index contributed by atoms with van der Waals surface area (Å²) >= 11 is 13.3. The summed E-state index contributed by atoms with van der Waals surface area (Å²) in [5.74, 6) is 0. The van der Waals surface area contributed by atoms with Gasteiger partial charge in [0.25, 0.3) is 5.69 Å². The molecule has 0 bridgehead atoms. The van der Waals surface area contributed by atoms with Gasteiger partial charge in [-0.2, -0.15) is 0 Å². The third-order valence-electron chi connectivity index (χ3n) is 3.53. The number of nitro groups is 1. The van der Waals surface area contributed by atoms with Crippen LogP contribution in [0.3, 0.4) is 0 Å². The van der Waals surface area contributed by atoms with E-state index in [0.29, 0.717) is 21.4 Å². The zero-order valence-electron chi connectivity index (χ0n) is 14.2. The van der Waals surface area contributed by atoms with E-state index in [-0.39, 0.29) is 5.69 Å². The highest BCUT2D eigenvalue weighted by Gasteiger charge is 2.10. The molecule has 3 aromatic rings. The summed E-state index contributed by atoms with van der Waals surface area (Å²) in [6.07, 6.45) is 0. The fourth-order valence-electron chi connectivity index (χ4n) is 2.33. The molecule has 9 heteroatoms. The molecule has 0 spiro atoms. The number of non-ortho nitro benzene ring substituents is 1. The molecular formula is C19H13Cl2N3O3S. The number of hydrogen-bond acceptors (Lipinski definition) is 4. The fourth-order valence-corrected chi connectivity index (χ4v) is 3.76. The number of nitro benzene ring substituents is 1. The SMILES string of the molecule is O=C(Nc1cc(Cl)cc(Cl)c1)Nc1ccccc1Sc1ccc([N+](=O)[O-])cc1. The van der Waals surface area contributed by atoms with Crippen LogP contribution in [0, 0.1) is 10.1 Å². The van der Waals surface area contributed by atoms with E-state index in [1.54, 1.807) is 42.5 Å². The van der Waals surface area contributed by atoms with Crippen molar-refractivity contribution in [2.75, 3.05) is 10.6 Å². The van der Waals surface area contributed by atoms with Crippen molar-refractivity contribution < 1.29 is 9.72 Å². The summed E-state index contributed by atoms with van der Waals surface area (Å²) in [6.45, 7) is 0. The van der Waals surface area contributed by atoms with Crippen molar-refractivity contribution >= 4 is 58.1 Å². The first kappa shape index (κ1) is 20.0. The minimum atomic E-state index is -0.449. The van der Waals surface area contributed by atoms with Crippen LogP contribution in [0.1, 0.15) is 0 Å². The number of para-hydroxylation sites is 1. The number of nitrogens with one attached hydrogen (secondary N) is 2. The van der Waals surface area contributed by atoms with Crippen LogP contribution < -0.4 is 10.6 Å². The molecule has 3 aromatic carbocycles. The lowest BCUT2D eigenvalue weighted by molar-refractivity contribution is -0.384. The first-order valence-corrected chi connectivity index (χ1v) is 9.53. The summed E-state index contributed by atoms with van der Waals surface area (Å²) in [5, 5.41) is 17.1. The number of amides is 2. The number of urea groups is 1. The number of hydrogen-bond donors (Lipinski definition) is 2. The van der Waals surface area contributed by atoms with Gasteiger partial charge in [0.05, 0.1) is 10.6 Å². The second kappa shape index (κ2) is 8.97. The Kier molecular flexibility index (Phi) is 6.41. The molecule has 0 unspecified atom stereocenters. The van der Waals surface area contributed by atoms with Crippen LogP contribution in [0.15, 0.2) is 76.5 Å². The van der Waals surface area contributed by atoms with Gasteiger partial charge in [0, 0.05) is 37.7 Å². The van der Waals surface area contributed by atoms with Gasteiger partial charge in [-0.3, -0.25) is 10.1 Å². The van der Waals surface area contributed by atoms with E-state index in [1.807, 2.05) is 12.1 Å². The minimum absolute atomic E-state index is 0.0234. The van der Waals surface area contributed by atoms with Gasteiger partial charge in [-0.15, -0.1) is 0 Å². The molecule has 0 heterocycles. The Labute approximate surface area is 175 Å². The Morgan fingerprint density at radius 1 is 0.929 bits per heavy atom. The minimum Gasteiger partial charge on any atom is -0.308 e. The van der Waals surface area contributed by atoms with E-state index in [1.165, 1.54) is 23.9 Å². The fraction of sp³-hybridized carbons (Fsp3) is 0. The van der Waals surface area contributed by atoms with Crippen LogP contribution in [0.2, 0.25) is 10.0 Å². The predicted octanol–water partition coefficient (Wildman–Crippen LogP) is 6.70. The van der Waals surface area contributed by atoms with E-state index in [0.717, 1.165) is 9.79 Å². The number of nitrogens with zero attached hydrogens (tertiary/aromatic N) is 1. The lowest BCUT2D eigenvalue weighted by Crippen LogP contribution is -2.19.